The second-order valence-corrected chi connectivity index (χ2v) is 4.20. The fraction of sp³-hybridized carbons (Fsp3) is 0.538. The summed E-state index contributed by atoms with van der Waals surface area (Å²) < 4.78 is 11.1. The minimum atomic E-state index is -0.0990. The topological polar surface area (TPSA) is 48.4 Å². The van der Waals surface area contributed by atoms with Gasteiger partial charge in [0.1, 0.15) is 0 Å². The maximum absolute atomic E-state index is 11.1. The second-order valence-electron chi connectivity index (χ2n) is 4.20. The van der Waals surface area contributed by atoms with Crippen molar-refractivity contribution < 1.29 is 14.3 Å². The van der Waals surface area contributed by atoms with Gasteiger partial charge in [0.2, 0.25) is 0 Å². The fourth-order valence-corrected chi connectivity index (χ4v) is 1.74. The van der Waals surface area contributed by atoms with Crippen molar-refractivity contribution in [2.24, 2.45) is 0 Å². The minimum absolute atomic E-state index is 0.0283. The van der Waals surface area contributed by atoms with Crippen LogP contribution in [0.15, 0.2) is 18.3 Å². The molecule has 0 aliphatic carbocycles. The summed E-state index contributed by atoms with van der Waals surface area (Å²) in [7, 11) is 0. The number of ether oxygens (including phenoxy) is 2. The zero-order chi connectivity index (χ0) is 12.1. The minimum Gasteiger partial charge on any atom is -0.353 e. The third-order valence-corrected chi connectivity index (χ3v) is 2.79. The van der Waals surface area contributed by atoms with Gasteiger partial charge in [-0.3, -0.25) is 9.78 Å². The van der Waals surface area contributed by atoms with Crippen LogP contribution in [0.1, 0.15) is 42.2 Å². The molecule has 1 aromatic heterocycles. The first-order valence-electron chi connectivity index (χ1n) is 5.95. The van der Waals surface area contributed by atoms with Gasteiger partial charge in [0, 0.05) is 18.4 Å². The molecule has 0 bridgehead atoms. The van der Waals surface area contributed by atoms with Crippen LogP contribution in [0.4, 0.5) is 0 Å². The lowest BCUT2D eigenvalue weighted by molar-refractivity contribution is -0.169. The lowest BCUT2D eigenvalue weighted by Gasteiger charge is -2.22. The number of pyridine rings is 1. The average Bonchev–Trinajstić information content (AvgIpc) is 2.38. The highest BCUT2D eigenvalue weighted by Crippen LogP contribution is 2.15. The van der Waals surface area contributed by atoms with Gasteiger partial charge in [-0.2, -0.15) is 0 Å². The van der Waals surface area contributed by atoms with Crippen molar-refractivity contribution in [3.8, 4) is 0 Å². The van der Waals surface area contributed by atoms with Gasteiger partial charge in [0.05, 0.1) is 12.3 Å². The molecular weight excluding hydrogens is 218 g/mol. The van der Waals surface area contributed by atoms with E-state index in [4.69, 9.17) is 9.47 Å². The molecule has 1 fully saturated rings. The van der Waals surface area contributed by atoms with Crippen molar-refractivity contribution in [1.29, 1.82) is 0 Å². The molecule has 1 unspecified atom stereocenters. The van der Waals surface area contributed by atoms with Crippen LogP contribution in [0.2, 0.25) is 0 Å². The molecule has 1 aliphatic rings. The van der Waals surface area contributed by atoms with E-state index >= 15 is 0 Å². The molecular formula is C13H17NO3. The average molecular weight is 235 g/mol. The molecule has 2 heterocycles. The Hall–Kier alpha value is -1.26. The SMILES string of the molecule is CC(=O)c1ccc(COC2CCCCO2)nc1. The molecule has 4 nitrogen and oxygen atoms in total. The van der Waals surface area contributed by atoms with Gasteiger partial charge in [-0.1, -0.05) is 0 Å². The molecule has 92 valence electrons. The Morgan fingerprint density at radius 3 is 3.00 bits per heavy atom. The van der Waals surface area contributed by atoms with Crippen molar-refractivity contribution in [3.05, 3.63) is 29.6 Å². The Kier molecular flexibility index (Phi) is 4.23. The number of hydrogen-bond acceptors (Lipinski definition) is 4. The molecule has 4 heteroatoms. The number of aromatic nitrogens is 1. The lowest BCUT2D eigenvalue weighted by Crippen LogP contribution is -2.22. The molecule has 0 aromatic carbocycles. The third-order valence-electron chi connectivity index (χ3n) is 2.79. The molecule has 0 saturated carbocycles. The smallest absolute Gasteiger partial charge is 0.161 e. The molecule has 0 radical (unpaired) electrons. The van der Waals surface area contributed by atoms with Crippen LogP contribution < -0.4 is 0 Å². The summed E-state index contributed by atoms with van der Waals surface area (Å²) in [5.41, 5.74) is 1.45. The first-order valence-corrected chi connectivity index (χ1v) is 5.95. The van der Waals surface area contributed by atoms with E-state index in [2.05, 4.69) is 4.98 Å². The van der Waals surface area contributed by atoms with Crippen molar-refractivity contribution in [2.45, 2.75) is 39.1 Å². The van der Waals surface area contributed by atoms with Crippen molar-refractivity contribution in [2.75, 3.05) is 6.61 Å². The fourth-order valence-electron chi connectivity index (χ4n) is 1.74. The summed E-state index contributed by atoms with van der Waals surface area (Å²) in [5.74, 6) is 0.0283. The highest BCUT2D eigenvalue weighted by atomic mass is 16.7. The summed E-state index contributed by atoms with van der Waals surface area (Å²) in [4.78, 5) is 15.3. The van der Waals surface area contributed by atoms with Gasteiger partial charge in [-0.05, 0) is 38.3 Å². The van der Waals surface area contributed by atoms with Gasteiger partial charge in [-0.15, -0.1) is 0 Å². The molecule has 1 saturated heterocycles. The van der Waals surface area contributed by atoms with Gasteiger partial charge in [-0.25, -0.2) is 0 Å². The van der Waals surface area contributed by atoms with Crippen LogP contribution in [-0.4, -0.2) is 23.7 Å². The van der Waals surface area contributed by atoms with Gasteiger partial charge < -0.3 is 9.47 Å². The van der Waals surface area contributed by atoms with Crippen LogP contribution in [-0.2, 0) is 16.1 Å². The number of Topliss-reactive ketones (excluding diaryl/α,β-unsaturated/α-hetero) is 1. The maximum atomic E-state index is 11.1. The largest absolute Gasteiger partial charge is 0.353 e. The van der Waals surface area contributed by atoms with Gasteiger partial charge in [0.25, 0.3) is 0 Å². The Bertz CT molecular complexity index is 369. The molecule has 2 rings (SSSR count). The van der Waals surface area contributed by atoms with E-state index in [-0.39, 0.29) is 12.1 Å². The lowest BCUT2D eigenvalue weighted by atomic mass is 10.2. The van der Waals surface area contributed by atoms with Crippen LogP contribution in [0, 0.1) is 0 Å². The van der Waals surface area contributed by atoms with Gasteiger partial charge in [0.15, 0.2) is 12.1 Å². The predicted octanol–water partition coefficient (Wildman–Crippen LogP) is 2.33. The zero-order valence-corrected chi connectivity index (χ0v) is 10.0. The van der Waals surface area contributed by atoms with Crippen molar-refractivity contribution in [1.82, 2.24) is 4.98 Å². The monoisotopic (exact) mass is 235 g/mol. The number of hydrogen-bond donors (Lipinski definition) is 0. The molecule has 1 aliphatic heterocycles. The summed E-state index contributed by atoms with van der Waals surface area (Å²) in [6.45, 7) is 2.74. The number of ketones is 1. The second kappa shape index (κ2) is 5.89. The Balaban J connectivity index is 1.84. The standard InChI is InChI=1S/C13H17NO3/c1-10(15)11-5-6-12(14-8-11)9-17-13-4-2-3-7-16-13/h5-6,8,13H,2-4,7,9H2,1H3. The summed E-state index contributed by atoms with van der Waals surface area (Å²) >= 11 is 0. The maximum Gasteiger partial charge on any atom is 0.161 e. The van der Waals surface area contributed by atoms with Crippen molar-refractivity contribution in [3.63, 3.8) is 0 Å². The van der Waals surface area contributed by atoms with Crippen LogP contribution in [0.25, 0.3) is 0 Å². The molecule has 0 amide bonds. The van der Waals surface area contributed by atoms with E-state index < -0.39 is 0 Å². The first-order chi connectivity index (χ1) is 8.25. The highest BCUT2D eigenvalue weighted by Gasteiger charge is 2.14. The predicted molar refractivity (Wildman–Crippen MR) is 62.6 cm³/mol. The Morgan fingerprint density at radius 1 is 1.53 bits per heavy atom. The highest BCUT2D eigenvalue weighted by molar-refractivity contribution is 5.93. The van der Waals surface area contributed by atoms with Crippen LogP contribution >= 0.6 is 0 Å². The molecule has 0 N–H and O–H groups in total. The normalized spacial score (nSPS) is 20.2. The summed E-state index contributed by atoms with van der Waals surface area (Å²) in [6, 6.07) is 3.59. The quantitative estimate of drug-likeness (QED) is 0.751. The third kappa shape index (κ3) is 3.61. The molecule has 0 spiro atoms. The summed E-state index contributed by atoms with van der Waals surface area (Å²) in [5, 5.41) is 0. The van der Waals surface area contributed by atoms with Crippen molar-refractivity contribution >= 4 is 5.78 Å². The van der Waals surface area contributed by atoms with E-state index in [1.807, 2.05) is 6.07 Å². The molecule has 1 aromatic rings. The van der Waals surface area contributed by atoms with E-state index in [1.54, 1.807) is 12.3 Å². The Labute approximate surface area is 101 Å². The number of carbonyl (C=O) groups excluding carboxylic acids is 1. The van der Waals surface area contributed by atoms with Gasteiger partial charge >= 0.3 is 0 Å². The zero-order valence-electron chi connectivity index (χ0n) is 10.0. The molecule has 1 atom stereocenters. The summed E-state index contributed by atoms with van der Waals surface area (Å²) in [6.07, 6.45) is 4.71. The molecule has 17 heavy (non-hydrogen) atoms. The number of carbonyl (C=O) groups is 1. The Morgan fingerprint density at radius 2 is 2.41 bits per heavy atom. The number of nitrogens with zero attached hydrogens (tertiary/aromatic N) is 1. The van der Waals surface area contributed by atoms with E-state index in [9.17, 15) is 4.79 Å². The van der Waals surface area contributed by atoms with Crippen LogP contribution in [0.3, 0.4) is 0 Å². The van der Waals surface area contributed by atoms with Crippen LogP contribution in [0.5, 0.6) is 0 Å². The van der Waals surface area contributed by atoms with E-state index in [0.29, 0.717) is 12.2 Å². The first kappa shape index (κ1) is 12.2. The van der Waals surface area contributed by atoms with E-state index in [1.165, 1.54) is 6.92 Å². The van der Waals surface area contributed by atoms with E-state index in [0.717, 1.165) is 31.6 Å². The number of rotatable bonds is 4.